The van der Waals surface area contributed by atoms with E-state index in [2.05, 4.69) is 34.6 Å². The SMILES string of the molecule is c1ccc2nc(CNC3CC3)ccc2c1. The highest BCUT2D eigenvalue weighted by atomic mass is 15.0. The van der Waals surface area contributed by atoms with E-state index in [0.29, 0.717) is 0 Å². The summed E-state index contributed by atoms with van der Waals surface area (Å²) in [5.41, 5.74) is 2.23. The predicted molar refractivity (Wildman–Crippen MR) is 61.6 cm³/mol. The average molecular weight is 198 g/mol. The van der Waals surface area contributed by atoms with Gasteiger partial charge in [-0.05, 0) is 25.0 Å². The normalized spacial score (nSPS) is 15.7. The predicted octanol–water partition coefficient (Wildman–Crippen LogP) is 2.49. The van der Waals surface area contributed by atoms with Crippen LogP contribution in [0.4, 0.5) is 0 Å². The molecule has 1 aromatic heterocycles. The molecule has 0 amide bonds. The zero-order valence-corrected chi connectivity index (χ0v) is 8.61. The Bertz CT molecular complexity index is 475. The van der Waals surface area contributed by atoms with Crippen LogP contribution in [-0.4, -0.2) is 11.0 Å². The number of nitrogens with zero attached hydrogens (tertiary/aromatic N) is 1. The molecule has 0 atom stereocenters. The Balaban J connectivity index is 1.84. The van der Waals surface area contributed by atoms with Crippen LogP contribution in [0.5, 0.6) is 0 Å². The fourth-order valence-electron chi connectivity index (χ4n) is 1.74. The second-order valence-corrected chi connectivity index (χ2v) is 4.15. The van der Waals surface area contributed by atoms with Crippen LogP contribution in [0.2, 0.25) is 0 Å². The largest absolute Gasteiger partial charge is 0.308 e. The molecule has 0 unspecified atom stereocenters. The fraction of sp³-hybridized carbons (Fsp3) is 0.308. The highest BCUT2D eigenvalue weighted by molar-refractivity contribution is 5.78. The van der Waals surface area contributed by atoms with Crippen LogP contribution in [0.3, 0.4) is 0 Å². The molecular weight excluding hydrogens is 184 g/mol. The van der Waals surface area contributed by atoms with Gasteiger partial charge in [0.05, 0.1) is 11.2 Å². The number of benzene rings is 1. The molecule has 1 heterocycles. The van der Waals surface area contributed by atoms with Gasteiger partial charge in [0.15, 0.2) is 0 Å². The Hall–Kier alpha value is -1.41. The maximum absolute atomic E-state index is 4.61. The van der Waals surface area contributed by atoms with Crippen molar-refractivity contribution in [3.05, 3.63) is 42.1 Å². The van der Waals surface area contributed by atoms with E-state index in [-0.39, 0.29) is 0 Å². The van der Waals surface area contributed by atoms with Gasteiger partial charge >= 0.3 is 0 Å². The van der Waals surface area contributed by atoms with Gasteiger partial charge in [-0.15, -0.1) is 0 Å². The summed E-state index contributed by atoms with van der Waals surface area (Å²) in [5, 5.41) is 4.69. The summed E-state index contributed by atoms with van der Waals surface area (Å²) in [6.45, 7) is 0.898. The van der Waals surface area contributed by atoms with Crippen molar-refractivity contribution in [2.24, 2.45) is 0 Å². The third kappa shape index (κ3) is 2.00. The van der Waals surface area contributed by atoms with Crippen molar-refractivity contribution in [2.75, 3.05) is 0 Å². The van der Waals surface area contributed by atoms with Gasteiger partial charge < -0.3 is 5.32 Å². The van der Waals surface area contributed by atoms with Crippen LogP contribution < -0.4 is 5.32 Å². The standard InChI is InChI=1S/C13H14N2/c1-2-4-13-10(3-1)5-6-12(15-13)9-14-11-7-8-11/h1-6,11,14H,7-9H2. The number of para-hydroxylation sites is 1. The van der Waals surface area contributed by atoms with Gasteiger partial charge in [-0.2, -0.15) is 0 Å². The summed E-state index contributed by atoms with van der Waals surface area (Å²) in [6, 6.07) is 13.2. The smallest absolute Gasteiger partial charge is 0.0705 e. The van der Waals surface area contributed by atoms with E-state index in [0.717, 1.165) is 23.8 Å². The van der Waals surface area contributed by atoms with Crippen LogP contribution in [-0.2, 0) is 6.54 Å². The van der Waals surface area contributed by atoms with Crippen molar-refractivity contribution in [1.29, 1.82) is 0 Å². The number of nitrogens with one attached hydrogen (secondary N) is 1. The molecule has 2 aromatic rings. The first-order chi connectivity index (χ1) is 7.42. The highest BCUT2D eigenvalue weighted by Crippen LogP contribution is 2.19. The number of fused-ring (bicyclic) bond motifs is 1. The number of pyridine rings is 1. The molecule has 1 N–H and O–H groups in total. The maximum Gasteiger partial charge on any atom is 0.0705 e. The van der Waals surface area contributed by atoms with Gasteiger partial charge in [-0.25, -0.2) is 0 Å². The lowest BCUT2D eigenvalue weighted by Gasteiger charge is -2.03. The summed E-state index contributed by atoms with van der Waals surface area (Å²) in [7, 11) is 0. The van der Waals surface area contributed by atoms with Gasteiger partial charge in [0.1, 0.15) is 0 Å². The van der Waals surface area contributed by atoms with Crippen molar-refractivity contribution in [3.8, 4) is 0 Å². The van der Waals surface area contributed by atoms with Gasteiger partial charge in [0.25, 0.3) is 0 Å². The molecule has 0 bridgehead atoms. The van der Waals surface area contributed by atoms with E-state index in [1.807, 2.05) is 12.1 Å². The zero-order chi connectivity index (χ0) is 10.1. The molecule has 3 rings (SSSR count). The Kier molecular flexibility index (Phi) is 2.14. The van der Waals surface area contributed by atoms with Crippen LogP contribution >= 0.6 is 0 Å². The van der Waals surface area contributed by atoms with Crippen LogP contribution in [0.1, 0.15) is 18.5 Å². The fourth-order valence-corrected chi connectivity index (χ4v) is 1.74. The third-order valence-electron chi connectivity index (χ3n) is 2.81. The molecule has 0 spiro atoms. The third-order valence-corrected chi connectivity index (χ3v) is 2.81. The molecular formula is C13H14N2. The Labute approximate surface area is 89.3 Å². The molecule has 0 radical (unpaired) electrons. The summed E-state index contributed by atoms with van der Waals surface area (Å²) in [5.74, 6) is 0. The first-order valence-electron chi connectivity index (χ1n) is 5.50. The molecule has 1 aromatic carbocycles. The molecule has 76 valence electrons. The van der Waals surface area contributed by atoms with E-state index in [4.69, 9.17) is 0 Å². The topological polar surface area (TPSA) is 24.9 Å². The molecule has 1 aliphatic carbocycles. The molecule has 15 heavy (non-hydrogen) atoms. The first-order valence-corrected chi connectivity index (χ1v) is 5.50. The van der Waals surface area contributed by atoms with Gasteiger partial charge in [-0.3, -0.25) is 4.98 Å². The van der Waals surface area contributed by atoms with Crippen LogP contribution in [0, 0.1) is 0 Å². The molecule has 1 saturated carbocycles. The van der Waals surface area contributed by atoms with Crippen molar-refractivity contribution in [3.63, 3.8) is 0 Å². The first kappa shape index (κ1) is 8.86. The zero-order valence-electron chi connectivity index (χ0n) is 8.61. The minimum absolute atomic E-state index is 0.748. The highest BCUT2D eigenvalue weighted by Gasteiger charge is 2.20. The van der Waals surface area contributed by atoms with Crippen molar-refractivity contribution >= 4 is 10.9 Å². The lowest BCUT2D eigenvalue weighted by Crippen LogP contribution is -2.16. The Morgan fingerprint density at radius 1 is 1.13 bits per heavy atom. The summed E-state index contributed by atoms with van der Waals surface area (Å²) < 4.78 is 0. The van der Waals surface area contributed by atoms with Crippen molar-refractivity contribution in [2.45, 2.75) is 25.4 Å². The maximum atomic E-state index is 4.61. The Morgan fingerprint density at radius 2 is 2.00 bits per heavy atom. The Morgan fingerprint density at radius 3 is 2.87 bits per heavy atom. The summed E-state index contributed by atoms with van der Waals surface area (Å²) in [4.78, 5) is 4.61. The van der Waals surface area contributed by atoms with Gasteiger partial charge in [0, 0.05) is 18.0 Å². The van der Waals surface area contributed by atoms with Crippen molar-refractivity contribution < 1.29 is 0 Å². The average Bonchev–Trinajstić information content (AvgIpc) is 3.10. The van der Waals surface area contributed by atoms with E-state index in [9.17, 15) is 0 Å². The molecule has 1 fully saturated rings. The number of hydrogen-bond donors (Lipinski definition) is 1. The minimum Gasteiger partial charge on any atom is -0.308 e. The number of aromatic nitrogens is 1. The van der Waals surface area contributed by atoms with E-state index < -0.39 is 0 Å². The molecule has 2 heteroatoms. The molecule has 2 nitrogen and oxygen atoms in total. The second kappa shape index (κ2) is 3.63. The lowest BCUT2D eigenvalue weighted by atomic mass is 10.2. The van der Waals surface area contributed by atoms with Crippen LogP contribution in [0.15, 0.2) is 36.4 Å². The number of hydrogen-bond acceptors (Lipinski definition) is 2. The van der Waals surface area contributed by atoms with Crippen LogP contribution in [0.25, 0.3) is 10.9 Å². The molecule has 1 aliphatic rings. The quantitative estimate of drug-likeness (QED) is 0.819. The van der Waals surface area contributed by atoms with E-state index in [1.165, 1.54) is 18.2 Å². The lowest BCUT2D eigenvalue weighted by molar-refractivity contribution is 0.676. The van der Waals surface area contributed by atoms with Gasteiger partial charge in [0.2, 0.25) is 0 Å². The molecule has 0 saturated heterocycles. The second-order valence-electron chi connectivity index (χ2n) is 4.15. The summed E-state index contributed by atoms with van der Waals surface area (Å²) >= 11 is 0. The summed E-state index contributed by atoms with van der Waals surface area (Å²) in [6.07, 6.45) is 2.65. The molecule has 0 aliphatic heterocycles. The van der Waals surface area contributed by atoms with E-state index >= 15 is 0 Å². The number of rotatable bonds is 3. The monoisotopic (exact) mass is 198 g/mol. The minimum atomic E-state index is 0.748. The van der Waals surface area contributed by atoms with E-state index in [1.54, 1.807) is 0 Å². The van der Waals surface area contributed by atoms with Crippen molar-refractivity contribution in [1.82, 2.24) is 10.3 Å². The van der Waals surface area contributed by atoms with Gasteiger partial charge in [-0.1, -0.05) is 24.3 Å².